The molecule has 1 atom stereocenters. The number of nitrogens with zero attached hydrogens (tertiary/aromatic N) is 2. The molecule has 0 aromatic carbocycles. The molecule has 0 saturated heterocycles. The highest BCUT2D eigenvalue weighted by Gasteiger charge is 2.28. The smallest absolute Gasteiger partial charge is 0.303 e. The molecule has 2 aromatic rings. The van der Waals surface area contributed by atoms with Crippen LogP contribution in [-0.2, 0) is 4.79 Å². The molecule has 23 heavy (non-hydrogen) atoms. The van der Waals surface area contributed by atoms with Crippen LogP contribution >= 0.6 is 0 Å². The summed E-state index contributed by atoms with van der Waals surface area (Å²) < 4.78 is 5.22. The van der Waals surface area contributed by atoms with E-state index < -0.39 is 5.97 Å². The zero-order valence-corrected chi connectivity index (χ0v) is 13.1. The van der Waals surface area contributed by atoms with Crippen molar-refractivity contribution in [1.29, 1.82) is 0 Å². The summed E-state index contributed by atoms with van der Waals surface area (Å²) in [5.74, 6) is -0.866. The number of fused-ring (bicyclic) bond motifs is 1. The fraction of sp³-hybridized carbons (Fsp3) is 0.500. The Morgan fingerprint density at radius 1 is 1.48 bits per heavy atom. The van der Waals surface area contributed by atoms with Gasteiger partial charge in [-0.3, -0.25) is 9.59 Å². The van der Waals surface area contributed by atoms with Gasteiger partial charge in [0.2, 0.25) is 0 Å². The molecule has 7 nitrogen and oxygen atoms in total. The zero-order valence-electron chi connectivity index (χ0n) is 13.1. The first-order valence-electron chi connectivity index (χ1n) is 7.72. The second-order valence-electron chi connectivity index (χ2n) is 6.23. The SMILES string of the molecule is Cc1noc2nc(C3CC3)cc(C(=O)NCC(C)CC(=O)O)c12. The Morgan fingerprint density at radius 3 is 2.87 bits per heavy atom. The predicted octanol–water partition coefficient (Wildman–Crippen LogP) is 2.25. The Labute approximate surface area is 133 Å². The number of carboxylic acids is 1. The van der Waals surface area contributed by atoms with Crippen LogP contribution in [0.3, 0.4) is 0 Å². The van der Waals surface area contributed by atoms with Gasteiger partial charge in [-0.1, -0.05) is 12.1 Å². The number of aryl methyl sites for hydroxylation is 1. The van der Waals surface area contributed by atoms with E-state index in [1.165, 1.54) is 0 Å². The lowest BCUT2D eigenvalue weighted by atomic mass is 10.1. The van der Waals surface area contributed by atoms with Crippen LogP contribution in [0, 0.1) is 12.8 Å². The maximum atomic E-state index is 12.5. The number of carboxylic acid groups (broad SMARTS) is 1. The molecule has 3 rings (SSSR count). The quantitative estimate of drug-likeness (QED) is 0.846. The van der Waals surface area contributed by atoms with E-state index in [4.69, 9.17) is 9.63 Å². The van der Waals surface area contributed by atoms with Crippen molar-refractivity contribution in [3.8, 4) is 0 Å². The van der Waals surface area contributed by atoms with Crippen LogP contribution in [0.4, 0.5) is 0 Å². The summed E-state index contributed by atoms with van der Waals surface area (Å²) in [5, 5.41) is 16.1. The van der Waals surface area contributed by atoms with Crippen molar-refractivity contribution in [2.45, 2.75) is 39.0 Å². The predicted molar refractivity (Wildman–Crippen MR) is 82.3 cm³/mol. The van der Waals surface area contributed by atoms with Crippen molar-refractivity contribution >= 4 is 23.0 Å². The van der Waals surface area contributed by atoms with Gasteiger partial charge in [-0.25, -0.2) is 4.98 Å². The van der Waals surface area contributed by atoms with Crippen molar-refractivity contribution in [2.24, 2.45) is 5.92 Å². The molecule has 1 saturated carbocycles. The van der Waals surface area contributed by atoms with E-state index in [1.54, 1.807) is 19.9 Å². The maximum absolute atomic E-state index is 12.5. The van der Waals surface area contributed by atoms with Crippen LogP contribution in [0.5, 0.6) is 0 Å². The molecule has 1 aliphatic carbocycles. The average Bonchev–Trinajstić information content (AvgIpc) is 3.28. The molecule has 1 fully saturated rings. The molecule has 0 bridgehead atoms. The van der Waals surface area contributed by atoms with Gasteiger partial charge in [0.15, 0.2) is 0 Å². The van der Waals surface area contributed by atoms with Gasteiger partial charge in [0.1, 0.15) is 0 Å². The largest absolute Gasteiger partial charge is 0.481 e. The molecule has 7 heteroatoms. The third-order valence-electron chi connectivity index (χ3n) is 4.01. The van der Waals surface area contributed by atoms with E-state index in [1.807, 2.05) is 0 Å². The van der Waals surface area contributed by atoms with Crippen LogP contribution in [0.25, 0.3) is 11.1 Å². The summed E-state index contributed by atoms with van der Waals surface area (Å²) >= 11 is 0. The molecule has 1 unspecified atom stereocenters. The summed E-state index contributed by atoms with van der Waals surface area (Å²) in [7, 11) is 0. The van der Waals surface area contributed by atoms with Gasteiger partial charge >= 0.3 is 5.97 Å². The van der Waals surface area contributed by atoms with Gasteiger partial charge in [-0.15, -0.1) is 0 Å². The van der Waals surface area contributed by atoms with Crippen LogP contribution in [0.2, 0.25) is 0 Å². The first kappa shape index (κ1) is 15.5. The Bertz CT molecular complexity index is 764. The third kappa shape index (κ3) is 3.33. The van der Waals surface area contributed by atoms with Crippen LogP contribution < -0.4 is 5.32 Å². The number of pyridine rings is 1. The highest BCUT2D eigenvalue weighted by atomic mass is 16.5. The topological polar surface area (TPSA) is 105 Å². The average molecular weight is 317 g/mol. The number of carbonyl (C=O) groups is 2. The summed E-state index contributed by atoms with van der Waals surface area (Å²) in [6.07, 6.45) is 2.16. The van der Waals surface area contributed by atoms with E-state index in [-0.39, 0.29) is 18.2 Å². The van der Waals surface area contributed by atoms with Gasteiger partial charge in [0.25, 0.3) is 11.6 Å². The fourth-order valence-electron chi connectivity index (χ4n) is 2.61. The zero-order chi connectivity index (χ0) is 16.6. The minimum Gasteiger partial charge on any atom is -0.481 e. The summed E-state index contributed by atoms with van der Waals surface area (Å²) in [6.45, 7) is 3.86. The molecule has 1 amide bonds. The Hall–Kier alpha value is -2.44. The number of aliphatic carboxylic acids is 1. The van der Waals surface area contributed by atoms with Crippen LogP contribution in [-0.4, -0.2) is 33.7 Å². The van der Waals surface area contributed by atoms with Crippen molar-refractivity contribution in [3.05, 3.63) is 23.0 Å². The first-order valence-corrected chi connectivity index (χ1v) is 7.72. The van der Waals surface area contributed by atoms with Gasteiger partial charge in [0, 0.05) is 24.6 Å². The summed E-state index contributed by atoms with van der Waals surface area (Å²) in [5.41, 5.74) is 2.37. The monoisotopic (exact) mass is 317 g/mol. The molecule has 1 aliphatic rings. The Kier molecular flexibility index (Phi) is 4.02. The molecule has 0 aliphatic heterocycles. The Balaban J connectivity index is 1.84. The number of hydrogen-bond acceptors (Lipinski definition) is 5. The molecule has 2 aromatic heterocycles. The van der Waals surface area contributed by atoms with E-state index >= 15 is 0 Å². The third-order valence-corrected chi connectivity index (χ3v) is 4.01. The first-order chi connectivity index (χ1) is 11.0. The molecular formula is C16H19N3O4. The van der Waals surface area contributed by atoms with E-state index in [0.717, 1.165) is 18.5 Å². The molecule has 0 radical (unpaired) electrons. The van der Waals surface area contributed by atoms with E-state index in [0.29, 0.717) is 34.8 Å². The highest BCUT2D eigenvalue weighted by molar-refractivity contribution is 6.06. The number of hydrogen-bond donors (Lipinski definition) is 2. The summed E-state index contributed by atoms with van der Waals surface area (Å²) in [6, 6.07) is 1.81. The van der Waals surface area contributed by atoms with E-state index in [9.17, 15) is 9.59 Å². The Morgan fingerprint density at radius 2 is 2.22 bits per heavy atom. The number of aromatic nitrogens is 2. The number of nitrogens with one attached hydrogen (secondary N) is 1. The minimum absolute atomic E-state index is 0.0195. The normalized spacial score (nSPS) is 15.6. The highest BCUT2D eigenvalue weighted by Crippen LogP contribution is 2.40. The van der Waals surface area contributed by atoms with Gasteiger partial charge in [-0.2, -0.15) is 0 Å². The standard InChI is InChI=1S/C16H19N3O4/c1-8(5-13(20)21)7-17-15(22)11-6-12(10-3-4-10)18-16-14(11)9(2)19-23-16/h6,8,10H,3-5,7H2,1-2H3,(H,17,22)(H,20,21). The molecular weight excluding hydrogens is 298 g/mol. The lowest BCUT2D eigenvalue weighted by molar-refractivity contribution is -0.137. The van der Waals surface area contributed by atoms with E-state index in [2.05, 4.69) is 15.5 Å². The molecule has 2 N–H and O–H groups in total. The fourth-order valence-corrected chi connectivity index (χ4v) is 2.61. The van der Waals surface area contributed by atoms with Gasteiger partial charge in [-0.05, 0) is 31.7 Å². The van der Waals surface area contributed by atoms with Crippen molar-refractivity contribution < 1.29 is 19.2 Å². The van der Waals surface area contributed by atoms with Gasteiger partial charge < -0.3 is 14.9 Å². The lowest BCUT2D eigenvalue weighted by Crippen LogP contribution is -2.29. The lowest BCUT2D eigenvalue weighted by Gasteiger charge is -2.11. The van der Waals surface area contributed by atoms with Crippen molar-refractivity contribution in [3.63, 3.8) is 0 Å². The van der Waals surface area contributed by atoms with Crippen molar-refractivity contribution in [2.75, 3.05) is 6.54 Å². The second-order valence-corrected chi connectivity index (χ2v) is 6.23. The van der Waals surface area contributed by atoms with Crippen LogP contribution in [0.1, 0.15) is 53.8 Å². The molecule has 0 spiro atoms. The minimum atomic E-state index is -0.871. The number of carbonyl (C=O) groups excluding carboxylic acids is 1. The molecule has 2 heterocycles. The van der Waals surface area contributed by atoms with Crippen molar-refractivity contribution in [1.82, 2.24) is 15.5 Å². The van der Waals surface area contributed by atoms with Gasteiger partial charge in [0.05, 0.1) is 16.6 Å². The van der Waals surface area contributed by atoms with Crippen LogP contribution in [0.15, 0.2) is 10.6 Å². The second kappa shape index (κ2) is 5.98. The maximum Gasteiger partial charge on any atom is 0.303 e. The number of amides is 1. The summed E-state index contributed by atoms with van der Waals surface area (Å²) in [4.78, 5) is 27.7. The molecule has 122 valence electrons. The number of rotatable bonds is 6.